The van der Waals surface area contributed by atoms with Gasteiger partial charge in [-0.2, -0.15) is 0 Å². The number of hydrogen-bond donors (Lipinski definition) is 2. The van der Waals surface area contributed by atoms with Crippen LogP contribution in [-0.4, -0.2) is 91.0 Å². The van der Waals surface area contributed by atoms with Crippen LogP contribution in [0.1, 0.15) is 42.5 Å². The van der Waals surface area contributed by atoms with Crippen LogP contribution in [0.15, 0.2) is 39.5 Å². The van der Waals surface area contributed by atoms with Crippen molar-refractivity contribution in [3.8, 4) is 5.75 Å². The number of esters is 1. The minimum atomic E-state index is -1.38. The van der Waals surface area contributed by atoms with Gasteiger partial charge in [0, 0.05) is 56.0 Å². The number of methoxy groups -OCH3 is 1. The largest absolute Gasteiger partial charge is 0.462 e. The van der Waals surface area contributed by atoms with Crippen molar-refractivity contribution in [2.45, 2.75) is 64.8 Å². The van der Waals surface area contributed by atoms with Gasteiger partial charge in [-0.3, -0.25) is 0 Å². The van der Waals surface area contributed by atoms with Gasteiger partial charge in [0.2, 0.25) is 6.29 Å². The Morgan fingerprint density at radius 1 is 1.15 bits per heavy atom. The van der Waals surface area contributed by atoms with Crippen LogP contribution in [0.3, 0.4) is 0 Å². The number of rotatable bonds is 7. The zero-order chi connectivity index (χ0) is 29.5. The van der Waals surface area contributed by atoms with Crippen LogP contribution in [0.5, 0.6) is 5.75 Å². The van der Waals surface area contributed by atoms with Crippen LogP contribution in [0, 0.1) is 13.8 Å². The van der Waals surface area contributed by atoms with Gasteiger partial charge in [0.15, 0.2) is 12.2 Å². The fourth-order valence-corrected chi connectivity index (χ4v) is 5.76. The number of aliphatic hydroxyl groups excluding tert-OH is 1. The summed E-state index contributed by atoms with van der Waals surface area (Å²) in [5.41, 5.74) is 1.46. The summed E-state index contributed by atoms with van der Waals surface area (Å²) in [7, 11) is 1.47. The molecule has 0 spiro atoms. The third kappa shape index (κ3) is 5.72. The Labute approximate surface area is 238 Å². The second-order valence-electron chi connectivity index (χ2n) is 11.2. The minimum absolute atomic E-state index is 0.263. The summed E-state index contributed by atoms with van der Waals surface area (Å²) >= 11 is 0. The van der Waals surface area contributed by atoms with Gasteiger partial charge in [-0.15, -0.1) is 0 Å². The molecule has 4 atom stereocenters. The lowest BCUT2D eigenvalue weighted by Crippen LogP contribution is -2.65. The quantitative estimate of drug-likeness (QED) is 0.324. The predicted octanol–water partition coefficient (Wildman–Crippen LogP) is 3.00. The molecule has 2 aromatic heterocycles. The van der Waals surface area contributed by atoms with Crippen molar-refractivity contribution in [2.24, 2.45) is 0 Å². The molecule has 41 heavy (non-hydrogen) atoms. The van der Waals surface area contributed by atoms with Gasteiger partial charge in [0.25, 0.3) is 0 Å². The average Bonchev–Trinajstić information content (AvgIpc) is 3.39. The second kappa shape index (κ2) is 11.5. The van der Waals surface area contributed by atoms with Gasteiger partial charge in [-0.05, 0) is 58.5 Å². The molecule has 0 unspecified atom stereocenters. The summed E-state index contributed by atoms with van der Waals surface area (Å²) in [6, 6.07) is 8.55. The number of H-pyrrole nitrogens is 1. The summed E-state index contributed by atoms with van der Waals surface area (Å²) in [4.78, 5) is 33.0. The number of carbonyl (C=O) groups excluding carboxylic acids is 1. The highest BCUT2D eigenvalue weighted by molar-refractivity contribution is 5.93. The number of aromatic nitrogens is 1. The van der Waals surface area contributed by atoms with E-state index in [-0.39, 0.29) is 5.69 Å². The number of ether oxygens (including phenoxy) is 4. The number of aromatic amines is 1. The number of aryl methyl sites for hydroxylation is 2. The van der Waals surface area contributed by atoms with Crippen LogP contribution < -0.4 is 15.3 Å². The number of piperazine rings is 1. The summed E-state index contributed by atoms with van der Waals surface area (Å²) in [5, 5.41) is 12.1. The molecular formula is C30H39N3O8. The Kier molecular flexibility index (Phi) is 8.15. The van der Waals surface area contributed by atoms with E-state index in [4.69, 9.17) is 23.4 Å². The molecule has 11 heteroatoms. The standard InChI is InChI=1S/C30H39N3O8/c1-7-32-12-14-33(15-13-32)21-16-23(34)39-25-18(3)22(11-9-19(21)25)38-29-24(35)26(27(37-6)30(4,5)41-29)40-28(36)20-10-8-17(2)31-20/h8-11,16,24,26-27,29,31,35H,7,12-15H2,1-6H3/t24-,26+,27+,29-/m1/s1. The lowest BCUT2D eigenvalue weighted by Gasteiger charge is -2.47. The van der Waals surface area contributed by atoms with E-state index in [1.54, 1.807) is 39.0 Å². The summed E-state index contributed by atoms with van der Waals surface area (Å²) in [5.74, 6) is -0.258. The predicted molar refractivity (Wildman–Crippen MR) is 153 cm³/mol. The van der Waals surface area contributed by atoms with E-state index in [1.165, 1.54) is 13.2 Å². The van der Waals surface area contributed by atoms with E-state index in [1.807, 2.05) is 13.0 Å². The molecule has 2 fully saturated rings. The lowest BCUT2D eigenvalue weighted by molar-refractivity contribution is -0.305. The van der Waals surface area contributed by atoms with Gasteiger partial charge in [0.1, 0.15) is 23.1 Å². The van der Waals surface area contributed by atoms with Crippen LogP contribution >= 0.6 is 0 Å². The molecule has 0 amide bonds. The summed E-state index contributed by atoms with van der Waals surface area (Å²) < 4.78 is 29.4. The molecule has 2 N–H and O–H groups in total. The van der Waals surface area contributed by atoms with Crippen molar-refractivity contribution in [3.05, 3.63) is 57.7 Å². The number of likely N-dealkylation sites (N-methyl/N-ethyl adjacent to an activating group) is 1. The molecule has 0 saturated carbocycles. The summed E-state index contributed by atoms with van der Waals surface area (Å²) in [6.45, 7) is 13.8. The van der Waals surface area contributed by atoms with E-state index < -0.39 is 41.8 Å². The Balaban J connectivity index is 1.42. The molecule has 0 aliphatic carbocycles. The molecule has 0 radical (unpaired) electrons. The fraction of sp³-hybridized carbons (Fsp3) is 0.533. The third-order valence-electron chi connectivity index (χ3n) is 8.06. The highest BCUT2D eigenvalue weighted by Crippen LogP contribution is 2.37. The fourth-order valence-electron chi connectivity index (χ4n) is 5.76. The normalized spacial score (nSPS) is 24.9. The highest BCUT2D eigenvalue weighted by Gasteiger charge is 2.53. The Hall–Kier alpha value is -3.38. The number of fused-ring (bicyclic) bond motifs is 1. The number of carbonyl (C=O) groups is 1. The van der Waals surface area contributed by atoms with Crippen LogP contribution in [0.25, 0.3) is 11.0 Å². The molecule has 2 aliphatic rings. The van der Waals surface area contributed by atoms with Crippen molar-refractivity contribution >= 4 is 22.6 Å². The number of hydrogen-bond acceptors (Lipinski definition) is 10. The first-order valence-corrected chi connectivity index (χ1v) is 14.0. The van der Waals surface area contributed by atoms with Gasteiger partial charge in [-0.25, -0.2) is 9.59 Å². The molecule has 11 nitrogen and oxygen atoms in total. The number of benzene rings is 1. The zero-order valence-electron chi connectivity index (χ0n) is 24.4. The van der Waals surface area contributed by atoms with Crippen LogP contribution in [-0.2, 0) is 14.2 Å². The smallest absolute Gasteiger partial charge is 0.355 e. The van der Waals surface area contributed by atoms with Gasteiger partial charge < -0.3 is 43.3 Å². The minimum Gasteiger partial charge on any atom is -0.462 e. The first-order chi connectivity index (χ1) is 19.5. The van der Waals surface area contributed by atoms with Gasteiger partial charge in [-0.1, -0.05) is 6.92 Å². The van der Waals surface area contributed by atoms with Gasteiger partial charge in [0.05, 0.1) is 11.3 Å². The monoisotopic (exact) mass is 569 g/mol. The molecule has 3 aromatic rings. The number of nitrogens with one attached hydrogen (secondary N) is 1. The maximum atomic E-state index is 12.9. The van der Waals surface area contributed by atoms with E-state index in [9.17, 15) is 14.7 Å². The van der Waals surface area contributed by atoms with Crippen molar-refractivity contribution in [1.29, 1.82) is 0 Å². The lowest BCUT2D eigenvalue weighted by atomic mass is 9.89. The zero-order valence-corrected chi connectivity index (χ0v) is 24.4. The number of anilines is 1. The van der Waals surface area contributed by atoms with Crippen molar-refractivity contribution in [1.82, 2.24) is 9.88 Å². The molecule has 1 aromatic carbocycles. The van der Waals surface area contributed by atoms with E-state index in [0.29, 0.717) is 16.9 Å². The van der Waals surface area contributed by atoms with Crippen molar-refractivity contribution in [2.75, 3.05) is 44.7 Å². The maximum Gasteiger partial charge on any atom is 0.355 e. The van der Waals surface area contributed by atoms with Crippen LogP contribution in [0.2, 0.25) is 0 Å². The highest BCUT2D eigenvalue weighted by atomic mass is 16.7. The molecule has 2 saturated heterocycles. The Morgan fingerprint density at radius 2 is 1.88 bits per heavy atom. The first-order valence-electron chi connectivity index (χ1n) is 14.0. The van der Waals surface area contributed by atoms with Gasteiger partial charge >= 0.3 is 11.6 Å². The maximum absolute atomic E-state index is 12.9. The molecule has 222 valence electrons. The molecule has 4 heterocycles. The second-order valence-corrected chi connectivity index (χ2v) is 11.2. The van der Waals surface area contributed by atoms with Crippen molar-refractivity contribution < 1.29 is 33.3 Å². The average molecular weight is 570 g/mol. The van der Waals surface area contributed by atoms with Crippen molar-refractivity contribution in [3.63, 3.8) is 0 Å². The van der Waals surface area contributed by atoms with E-state index in [0.717, 1.165) is 49.5 Å². The summed E-state index contributed by atoms with van der Waals surface area (Å²) in [6.07, 6.45) is -4.44. The van der Waals surface area contributed by atoms with E-state index in [2.05, 4.69) is 21.7 Å². The Morgan fingerprint density at radius 3 is 2.51 bits per heavy atom. The first kappa shape index (κ1) is 29.1. The van der Waals surface area contributed by atoms with Crippen LogP contribution in [0.4, 0.5) is 5.69 Å². The number of aliphatic hydroxyl groups is 1. The third-order valence-corrected chi connectivity index (χ3v) is 8.06. The Bertz CT molecular complexity index is 1460. The molecular weight excluding hydrogens is 530 g/mol. The van der Waals surface area contributed by atoms with E-state index >= 15 is 0 Å². The number of nitrogens with zero attached hydrogens (tertiary/aromatic N) is 2. The molecule has 0 bridgehead atoms. The topological polar surface area (TPSA) is 127 Å². The molecule has 5 rings (SSSR count). The molecule has 2 aliphatic heterocycles. The SMILES string of the molecule is CCN1CCN(c2cc(=O)oc3c(C)c(O[C@@H]4OC(C)(C)[C@@H](OC)[C@@H](OC(=O)c5ccc(C)[nH]5)[C@H]4O)ccc23)CC1.